The minimum atomic E-state index is 0.0323. The second-order valence-electron chi connectivity index (χ2n) is 2.86. The number of nitriles is 1. The Morgan fingerprint density at radius 3 is 2.92 bits per heavy atom. The third-order valence-corrected chi connectivity index (χ3v) is 1.70. The number of rotatable bonds is 7. The molecule has 2 nitrogen and oxygen atoms in total. The first-order valence-corrected chi connectivity index (χ1v) is 4.59. The molecule has 0 aromatic carbocycles. The first kappa shape index (κ1) is 11.2. The quantitative estimate of drug-likeness (QED) is 0.465. The summed E-state index contributed by atoms with van der Waals surface area (Å²) in [6, 6.07) is 2.28. The molecule has 0 bridgehead atoms. The van der Waals surface area contributed by atoms with E-state index in [0.29, 0.717) is 0 Å². The summed E-state index contributed by atoms with van der Waals surface area (Å²) >= 11 is 0. The topological polar surface area (TPSA) is 35.8 Å². The fourth-order valence-electron chi connectivity index (χ4n) is 0.997. The lowest BCUT2D eigenvalue weighted by atomic mass is 10.1. The zero-order chi connectivity index (χ0) is 9.23. The molecule has 0 radical (unpaired) electrons. The Morgan fingerprint density at radius 1 is 1.67 bits per heavy atom. The standard InChI is InChI=1S/C10H18N2/c1-3-5-6-7-10(9-11)12-8-4-2/h3,10,12H,1,4-8H2,2H3. The van der Waals surface area contributed by atoms with Crippen LogP contribution in [-0.4, -0.2) is 12.6 Å². The van der Waals surface area contributed by atoms with Crippen LogP contribution in [0.5, 0.6) is 0 Å². The van der Waals surface area contributed by atoms with Gasteiger partial charge in [0.15, 0.2) is 0 Å². The summed E-state index contributed by atoms with van der Waals surface area (Å²) in [4.78, 5) is 0. The Kier molecular flexibility index (Phi) is 7.73. The first-order chi connectivity index (χ1) is 5.85. The fourth-order valence-corrected chi connectivity index (χ4v) is 0.997. The summed E-state index contributed by atoms with van der Waals surface area (Å²) in [5.41, 5.74) is 0. The molecule has 0 heterocycles. The normalized spacial score (nSPS) is 12.0. The molecule has 0 amide bonds. The van der Waals surface area contributed by atoms with Crippen LogP contribution in [0.25, 0.3) is 0 Å². The van der Waals surface area contributed by atoms with Gasteiger partial charge in [-0.2, -0.15) is 5.26 Å². The van der Waals surface area contributed by atoms with Crippen LogP contribution < -0.4 is 5.32 Å². The smallest absolute Gasteiger partial charge is 0.0953 e. The van der Waals surface area contributed by atoms with Crippen molar-refractivity contribution in [3.8, 4) is 6.07 Å². The van der Waals surface area contributed by atoms with E-state index in [2.05, 4.69) is 24.9 Å². The van der Waals surface area contributed by atoms with E-state index in [1.165, 1.54) is 0 Å². The molecule has 1 atom stereocenters. The SMILES string of the molecule is C=CCCCC(C#N)NCCC. The van der Waals surface area contributed by atoms with Gasteiger partial charge in [-0.25, -0.2) is 0 Å². The molecule has 0 aromatic rings. The number of hydrogen-bond acceptors (Lipinski definition) is 2. The maximum Gasteiger partial charge on any atom is 0.0953 e. The maximum atomic E-state index is 8.71. The summed E-state index contributed by atoms with van der Waals surface area (Å²) < 4.78 is 0. The van der Waals surface area contributed by atoms with Gasteiger partial charge in [0.25, 0.3) is 0 Å². The minimum absolute atomic E-state index is 0.0323. The molecule has 1 unspecified atom stereocenters. The van der Waals surface area contributed by atoms with Crippen molar-refractivity contribution in [2.75, 3.05) is 6.54 Å². The highest BCUT2D eigenvalue weighted by molar-refractivity contribution is 4.89. The second kappa shape index (κ2) is 8.29. The summed E-state index contributed by atoms with van der Waals surface area (Å²) in [5.74, 6) is 0. The van der Waals surface area contributed by atoms with Crippen molar-refractivity contribution in [2.45, 2.75) is 38.6 Å². The Labute approximate surface area is 75.3 Å². The molecule has 0 aliphatic rings. The number of unbranched alkanes of at least 4 members (excludes halogenated alkanes) is 1. The molecule has 12 heavy (non-hydrogen) atoms. The number of allylic oxidation sites excluding steroid dienone is 1. The van der Waals surface area contributed by atoms with E-state index < -0.39 is 0 Å². The Balaban J connectivity index is 3.41. The molecule has 0 spiro atoms. The van der Waals surface area contributed by atoms with E-state index in [-0.39, 0.29) is 6.04 Å². The van der Waals surface area contributed by atoms with Crippen molar-refractivity contribution >= 4 is 0 Å². The van der Waals surface area contributed by atoms with Gasteiger partial charge in [0.1, 0.15) is 0 Å². The van der Waals surface area contributed by atoms with Crippen molar-refractivity contribution in [2.24, 2.45) is 0 Å². The lowest BCUT2D eigenvalue weighted by Crippen LogP contribution is -2.27. The largest absolute Gasteiger partial charge is 0.302 e. The van der Waals surface area contributed by atoms with Crippen LogP contribution in [0, 0.1) is 11.3 Å². The van der Waals surface area contributed by atoms with Crippen LogP contribution in [0.2, 0.25) is 0 Å². The third kappa shape index (κ3) is 5.94. The lowest BCUT2D eigenvalue weighted by Gasteiger charge is -2.08. The minimum Gasteiger partial charge on any atom is -0.302 e. The van der Waals surface area contributed by atoms with Gasteiger partial charge in [-0.3, -0.25) is 0 Å². The first-order valence-electron chi connectivity index (χ1n) is 4.59. The van der Waals surface area contributed by atoms with E-state index in [1.54, 1.807) is 0 Å². The Morgan fingerprint density at radius 2 is 2.42 bits per heavy atom. The predicted octanol–water partition coefficient (Wildman–Crippen LogP) is 2.23. The summed E-state index contributed by atoms with van der Waals surface area (Å²) in [6.45, 7) is 6.68. The zero-order valence-electron chi connectivity index (χ0n) is 7.84. The summed E-state index contributed by atoms with van der Waals surface area (Å²) in [6.07, 6.45) is 5.97. The van der Waals surface area contributed by atoms with Crippen molar-refractivity contribution in [3.05, 3.63) is 12.7 Å². The number of nitrogens with one attached hydrogen (secondary N) is 1. The van der Waals surface area contributed by atoms with Crippen molar-refractivity contribution in [3.63, 3.8) is 0 Å². The number of nitrogens with zero attached hydrogens (tertiary/aromatic N) is 1. The van der Waals surface area contributed by atoms with Gasteiger partial charge < -0.3 is 5.32 Å². The van der Waals surface area contributed by atoms with E-state index >= 15 is 0 Å². The Bertz CT molecular complexity index is 146. The summed E-state index contributed by atoms with van der Waals surface area (Å²) in [5, 5.41) is 11.9. The highest BCUT2D eigenvalue weighted by Crippen LogP contribution is 2.00. The molecule has 0 saturated heterocycles. The molecule has 0 fully saturated rings. The second-order valence-corrected chi connectivity index (χ2v) is 2.86. The van der Waals surface area contributed by atoms with Crippen LogP contribution in [0.3, 0.4) is 0 Å². The molecule has 68 valence electrons. The van der Waals surface area contributed by atoms with Gasteiger partial charge in [-0.1, -0.05) is 13.0 Å². The van der Waals surface area contributed by atoms with E-state index in [4.69, 9.17) is 5.26 Å². The maximum absolute atomic E-state index is 8.71. The van der Waals surface area contributed by atoms with Crippen molar-refractivity contribution in [1.82, 2.24) is 5.32 Å². The Hall–Kier alpha value is -0.810. The van der Waals surface area contributed by atoms with Gasteiger partial charge in [0.05, 0.1) is 12.1 Å². The third-order valence-electron chi connectivity index (χ3n) is 1.70. The average Bonchev–Trinajstić information content (AvgIpc) is 2.11. The molecular weight excluding hydrogens is 148 g/mol. The van der Waals surface area contributed by atoms with Gasteiger partial charge in [0, 0.05) is 0 Å². The van der Waals surface area contributed by atoms with Crippen LogP contribution >= 0.6 is 0 Å². The molecule has 1 N–H and O–H groups in total. The highest BCUT2D eigenvalue weighted by atomic mass is 14.9. The van der Waals surface area contributed by atoms with Crippen LogP contribution in [0.4, 0.5) is 0 Å². The zero-order valence-corrected chi connectivity index (χ0v) is 7.84. The van der Waals surface area contributed by atoms with E-state index in [0.717, 1.165) is 32.2 Å². The van der Waals surface area contributed by atoms with Crippen molar-refractivity contribution < 1.29 is 0 Å². The predicted molar refractivity (Wildman–Crippen MR) is 51.7 cm³/mol. The average molecular weight is 166 g/mol. The van der Waals surface area contributed by atoms with Crippen LogP contribution in [0.1, 0.15) is 32.6 Å². The van der Waals surface area contributed by atoms with E-state index in [1.807, 2.05) is 6.08 Å². The molecule has 0 aliphatic heterocycles. The van der Waals surface area contributed by atoms with Gasteiger partial charge in [-0.15, -0.1) is 6.58 Å². The molecule has 0 rings (SSSR count). The lowest BCUT2D eigenvalue weighted by molar-refractivity contribution is 0.546. The fraction of sp³-hybridized carbons (Fsp3) is 0.700. The van der Waals surface area contributed by atoms with Gasteiger partial charge in [-0.05, 0) is 32.2 Å². The molecule has 0 aromatic heterocycles. The van der Waals surface area contributed by atoms with Crippen LogP contribution in [0.15, 0.2) is 12.7 Å². The highest BCUT2D eigenvalue weighted by Gasteiger charge is 2.03. The van der Waals surface area contributed by atoms with Crippen molar-refractivity contribution in [1.29, 1.82) is 5.26 Å². The van der Waals surface area contributed by atoms with E-state index in [9.17, 15) is 0 Å². The number of hydrogen-bond donors (Lipinski definition) is 1. The monoisotopic (exact) mass is 166 g/mol. The molecule has 2 heteroatoms. The molecular formula is C10H18N2. The van der Waals surface area contributed by atoms with Gasteiger partial charge in [0.2, 0.25) is 0 Å². The molecule has 0 saturated carbocycles. The van der Waals surface area contributed by atoms with Crippen LogP contribution in [-0.2, 0) is 0 Å². The molecule has 0 aliphatic carbocycles. The summed E-state index contributed by atoms with van der Waals surface area (Å²) in [7, 11) is 0. The van der Waals surface area contributed by atoms with Gasteiger partial charge >= 0.3 is 0 Å².